The Kier molecular flexibility index (Phi) is 7.41. The minimum Gasteiger partial charge on any atom is -0.339 e. The van der Waals surface area contributed by atoms with Gasteiger partial charge in [-0.3, -0.25) is 4.79 Å². The SMILES string of the molecule is CCN(CC)C(=O)c1ccc(CN(CC)S(=O)(=O)c2ccc(Cl)cc2)cc1. The van der Waals surface area contributed by atoms with E-state index in [1.54, 1.807) is 48.2 Å². The molecular weight excluding hydrogens is 384 g/mol. The van der Waals surface area contributed by atoms with Gasteiger partial charge in [-0.15, -0.1) is 0 Å². The van der Waals surface area contributed by atoms with Crippen LogP contribution in [0.25, 0.3) is 0 Å². The number of sulfonamides is 1. The molecule has 0 heterocycles. The van der Waals surface area contributed by atoms with Crippen LogP contribution in [0.5, 0.6) is 0 Å². The van der Waals surface area contributed by atoms with Gasteiger partial charge in [0, 0.05) is 36.8 Å². The molecule has 0 radical (unpaired) electrons. The molecule has 0 saturated heterocycles. The van der Waals surface area contributed by atoms with E-state index >= 15 is 0 Å². The fourth-order valence-corrected chi connectivity index (χ4v) is 4.34. The van der Waals surface area contributed by atoms with Crippen LogP contribution >= 0.6 is 11.6 Å². The fourth-order valence-electron chi connectivity index (χ4n) is 2.77. The maximum Gasteiger partial charge on any atom is 0.253 e. The van der Waals surface area contributed by atoms with Crippen molar-refractivity contribution in [2.45, 2.75) is 32.2 Å². The van der Waals surface area contributed by atoms with E-state index in [0.717, 1.165) is 5.56 Å². The van der Waals surface area contributed by atoms with Crippen molar-refractivity contribution in [3.8, 4) is 0 Å². The van der Waals surface area contributed by atoms with Gasteiger partial charge in [0.05, 0.1) is 4.90 Å². The van der Waals surface area contributed by atoms with E-state index in [2.05, 4.69) is 0 Å². The van der Waals surface area contributed by atoms with Crippen LogP contribution in [0, 0.1) is 0 Å². The van der Waals surface area contributed by atoms with Gasteiger partial charge in [0.15, 0.2) is 0 Å². The summed E-state index contributed by atoms with van der Waals surface area (Å²) in [7, 11) is -3.61. The summed E-state index contributed by atoms with van der Waals surface area (Å²) in [4.78, 5) is 14.3. The second-order valence-corrected chi connectivity index (χ2v) is 8.43. The van der Waals surface area contributed by atoms with Crippen LogP contribution in [0.2, 0.25) is 5.02 Å². The Balaban J connectivity index is 2.19. The Labute approximate surface area is 166 Å². The van der Waals surface area contributed by atoms with E-state index in [4.69, 9.17) is 11.6 Å². The van der Waals surface area contributed by atoms with Crippen LogP contribution in [-0.2, 0) is 16.6 Å². The maximum absolute atomic E-state index is 12.8. The monoisotopic (exact) mass is 408 g/mol. The summed E-state index contributed by atoms with van der Waals surface area (Å²) in [6, 6.07) is 13.2. The van der Waals surface area contributed by atoms with Crippen molar-refractivity contribution in [2.75, 3.05) is 19.6 Å². The van der Waals surface area contributed by atoms with Crippen molar-refractivity contribution >= 4 is 27.5 Å². The van der Waals surface area contributed by atoms with E-state index in [1.807, 2.05) is 13.8 Å². The van der Waals surface area contributed by atoms with Gasteiger partial charge in [0.2, 0.25) is 10.0 Å². The van der Waals surface area contributed by atoms with E-state index in [9.17, 15) is 13.2 Å². The third-order valence-electron chi connectivity index (χ3n) is 4.41. The van der Waals surface area contributed by atoms with E-state index in [-0.39, 0.29) is 17.3 Å². The predicted molar refractivity (Wildman–Crippen MR) is 108 cm³/mol. The van der Waals surface area contributed by atoms with Crippen molar-refractivity contribution in [3.05, 3.63) is 64.7 Å². The molecular formula is C20H25ClN2O3S. The second-order valence-electron chi connectivity index (χ2n) is 6.06. The zero-order chi connectivity index (χ0) is 20.0. The number of hydrogen-bond donors (Lipinski definition) is 0. The van der Waals surface area contributed by atoms with Crippen LogP contribution in [0.1, 0.15) is 36.7 Å². The average molecular weight is 409 g/mol. The quantitative estimate of drug-likeness (QED) is 0.662. The summed E-state index contributed by atoms with van der Waals surface area (Å²) in [5, 5.41) is 0.491. The number of carbonyl (C=O) groups is 1. The summed E-state index contributed by atoms with van der Waals surface area (Å²) in [6.07, 6.45) is 0. The lowest BCUT2D eigenvalue weighted by atomic mass is 10.1. The first-order valence-electron chi connectivity index (χ1n) is 8.97. The summed E-state index contributed by atoms with van der Waals surface area (Å²) in [5.41, 5.74) is 1.43. The minimum absolute atomic E-state index is 0.0207. The van der Waals surface area contributed by atoms with Gasteiger partial charge in [-0.2, -0.15) is 4.31 Å². The number of carbonyl (C=O) groups excluding carboxylic acids is 1. The Hall–Kier alpha value is -1.89. The molecule has 0 unspecified atom stereocenters. The number of rotatable bonds is 8. The molecule has 2 aromatic rings. The van der Waals surface area contributed by atoms with Gasteiger partial charge < -0.3 is 4.90 Å². The second kappa shape index (κ2) is 9.35. The third-order valence-corrected chi connectivity index (χ3v) is 6.60. The van der Waals surface area contributed by atoms with E-state index in [1.165, 1.54) is 16.4 Å². The molecule has 0 spiro atoms. The molecule has 1 amide bonds. The zero-order valence-corrected chi connectivity index (χ0v) is 17.4. The van der Waals surface area contributed by atoms with Crippen molar-refractivity contribution in [1.82, 2.24) is 9.21 Å². The Morgan fingerprint density at radius 1 is 0.889 bits per heavy atom. The molecule has 0 saturated carbocycles. The van der Waals surface area contributed by atoms with Crippen LogP contribution in [0.4, 0.5) is 0 Å². The lowest BCUT2D eigenvalue weighted by molar-refractivity contribution is 0.0773. The van der Waals surface area contributed by atoms with Gasteiger partial charge in [-0.1, -0.05) is 30.7 Å². The van der Waals surface area contributed by atoms with Crippen LogP contribution < -0.4 is 0 Å². The van der Waals surface area contributed by atoms with Crippen molar-refractivity contribution < 1.29 is 13.2 Å². The molecule has 2 rings (SSSR count). The fraction of sp³-hybridized carbons (Fsp3) is 0.350. The molecule has 7 heteroatoms. The third kappa shape index (κ3) is 5.09. The molecule has 0 aromatic heterocycles. The maximum atomic E-state index is 12.8. The van der Waals surface area contributed by atoms with E-state index in [0.29, 0.717) is 30.2 Å². The summed E-state index contributed by atoms with van der Waals surface area (Å²) >= 11 is 5.85. The normalized spacial score (nSPS) is 11.6. The van der Waals surface area contributed by atoms with Gasteiger partial charge in [-0.05, 0) is 55.8 Å². The van der Waals surface area contributed by atoms with Crippen molar-refractivity contribution in [1.29, 1.82) is 0 Å². The van der Waals surface area contributed by atoms with Crippen LogP contribution in [0.15, 0.2) is 53.4 Å². The topological polar surface area (TPSA) is 57.7 Å². The average Bonchev–Trinajstić information content (AvgIpc) is 2.67. The predicted octanol–water partition coefficient (Wildman–Crippen LogP) is 4.03. The molecule has 5 nitrogen and oxygen atoms in total. The molecule has 2 aromatic carbocycles. The minimum atomic E-state index is -3.61. The highest BCUT2D eigenvalue weighted by Crippen LogP contribution is 2.20. The Morgan fingerprint density at radius 2 is 1.44 bits per heavy atom. The van der Waals surface area contributed by atoms with Gasteiger partial charge in [0.25, 0.3) is 5.91 Å². The zero-order valence-electron chi connectivity index (χ0n) is 15.9. The summed E-state index contributed by atoms with van der Waals surface area (Å²) in [5.74, 6) is -0.0207. The van der Waals surface area contributed by atoms with Gasteiger partial charge in [-0.25, -0.2) is 8.42 Å². The number of benzene rings is 2. The summed E-state index contributed by atoms with van der Waals surface area (Å²) in [6.45, 7) is 7.56. The smallest absolute Gasteiger partial charge is 0.253 e. The van der Waals surface area contributed by atoms with Gasteiger partial charge in [0.1, 0.15) is 0 Å². The first kappa shape index (κ1) is 21.4. The summed E-state index contributed by atoms with van der Waals surface area (Å²) < 4.78 is 27.1. The number of halogens is 1. The largest absolute Gasteiger partial charge is 0.339 e. The van der Waals surface area contributed by atoms with Crippen molar-refractivity contribution in [3.63, 3.8) is 0 Å². The highest BCUT2D eigenvalue weighted by molar-refractivity contribution is 7.89. The molecule has 0 N–H and O–H groups in total. The molecule has 0 bridgehead atoms. The molecule has 0 aliphatic heterocycles. The lowest BCUT2D eigenvalue weighted by Gasteiger charge is -2.21. The molecule has 0 atom stereocenters. The number of amides is 1. The standard InChI is InChI=1S/C20H25ClN2O3S/c1-4-22(5-2)20(24)17-9-7-16(8-10-17)15-23(6-3)27(25,26)19-13-11-18(21)12-14-19/h7-14H,4-6,15H2,1-3H3. The van der Waals surface area contributed by atoms with Crippen LogP contribution in [0.3, 0.4) is 0 Å². The Bertz CT molecular complexity index is 861. The molecule has 0 aliphatic carbocycles. The van der Waals surface area contributed by atoms with Gasteiger partial charge >= 0.3 is 0 Å². The first-order valence-corrected chi connectivity index (χ1v) is 10.8. The number of nitrogens with zero attached hydrogens (tertiary/aromatic N) is 2. The molecule has 27 heavy (non-hydrogen) atoms. The van der Waals surface area contributed by atoms with Crippen molar-refractivity contribution in [2.24, 2.45) is 0 Å². The van der Waals surface area contributed by atoms with Crippen LogP contribution in [-0.4, -0.2) is 43.2 Å². The Morgan fingerprint density at radius 3 is 1.93 bits per heavy atom. The highest BCUT2D eigenvalue weighted by atomic mass is 35.5. The lowest BCUT2D eigenvalue weighted by Crippen LogP contribution is -2.31. The highest BCUT2D eigenvalue weighted by Gasteiger charge is 2.23. The van der Waals surface area contributed by atoms with E-state index < -0.39 is 10.0 Å². The molecule has 0 aliphatic rings. The number of hydrogen-bond acceptors (Lipinski definition) is 3. The molecule has 0 fully saturated rings. The first-order chi connectivity index (χ1) is 12.8. The molecule has 146 valence electrons.